The molecular formula is C17H13F3N2O2S2. The van der Waals surface area contributed by atoms with Crippen LogP contribution in [0.25, 0.3) is 10.2 Å². The summed E-state index contributed by atoms with van der Waals surface area (Å²) in [5, 5.41) is 2.71. The van der Waals surface area contributed by atoms with Gasteiger partial charge < -0.3 is 10.1 Å². The van der Waals surface area contributed by atoms with Gasteiger partial charge in [0.25, 0.3) is 0 Å². The number of nitrogens with zero attached hydrogens (tertiary/aromatic N) is 1. The summed E-state index contributed by atoms with van der Waals surface area (Å²) in [5.74, 6) is 0.501. The van der Waals surface area contributed by atoms with E-state index in [1.807, 2.05) is 12.1 Å². The Labute approximate surface area is 155 Å². The van der Waals surface area contributed by atoms with Crippen LogP contribution >= 0.6 is 23.1 Å². The van der Waals surface area contributed by atoms with Gasteiger partial charge in [0.1, 0.15) is 5.75 Å². The first-order valence-corrected chi connectivity index (χ1v) is 9.20. The molecule has 0 unspecified atom stereocenters. The van der Waals surface area contributed by atoms with Gasteiger partial charge in [0.2, 0.25) is 5.91 Å². The van der Waals surface area contributed by atoms with E-state index in [-0.39, 0.29) is 22.3 Å². The van der Waals surface area contributed by atoms with Crippen molar-refractivity contribution in [3.05, 3.63) is 48.0 Å². The topological polar surface area (TPSA) is 51.2 Å². The fourth-order valence-corrected chi connectivity index (χ4v) is 3.81. The number of anilines is 1. The second kappa shape index (κ2) is 7.55. The maximum absolute atomic E-state index is 13.0. The molecule has 1 amide bonds. The number of hydrogen-bond donors (Lipinski definition) is 1. The molecule has 1 N–H and O–H groups in total. The number of nitrogens with one attached hydrogen (secondary N) is 1. The number of thiazole rings is 1. The molecule has 3 aromatic rings. The van der Waals surface area contributed by atoms with Gasteiger partial charge in [-0.1, -0.05) is 17.4 Å². The van der Waals surface area contributed by atoms with Crippen molar-refractivity contribution in [2.24, 2.45) is 0 Å². The van der Waals surface area contributed by atoms with E-state index >= 15 is 0 Å². The van der Waals surface area contributed by atoms with Crippen LogP contribution in [-0.4, -0.2) is 23.8 Å². The Bertz CT molecular complexity index is 924. The van der Waals surface area contributed by atoms with E-state index in [9.17, 15) is 18.0 Å². The van der Waals surface area contributed by atoms with Crippen LogP contribution < -0.4 is 10.1 Å². The average molecular weight is 398 g/mol. The summed E-state index contributed by atoms with van der Waals surface area (Å²) in [6.45, 7) is 0. The summed E-state index contributed by atoms with van der Waals surface area (Å²) in [6.07, 6.45) is -4.49. The van der Waals surface area contributed by atoms with E-state index < -0.39 is 11.7 Å². The number of fused-ring (bicyclic) bond motifs is 1. The monoisotopic (exact) mass is 398 g/mol. The number of halogens is 3. The first kappa shape index (κ1) is 18.5. The van der Waals surface area contributed by atoms with Crippen LogP contribution in [0.2, 0.25) is 0 Å². The number of aromatic nitrogens is 1. The van der Waals surface area contributed by atoms with Crippen LogP contribution in [0.3, 0.4) is 0 Å². The lowest BCUT2D eigenvalue weighted by Gasteiger charge is -2.06. The third-order valence-electron chi connectivity index (χ3n) is 3.40. The lowest BCUT2D eigenvalue weighted by Crippen LogP contribution is -2.13. The zero-order valence-corrected chi connectivity index (χ0v) is 15.1. The van der Waals surface area contributed by atoms with Gasteiger partial charge >= 0.3 is 6.18 Å². The minimum absolute atomic E-state index is 0.119. The summed E-state index contributed by atoms with van der Waals surface area (Å²) in [4.78, 5) is 16.9. The second-order valence-corrected chi connectivity index (χ2v) is 7.26. The first-order valence-electron chi connectivity index (χ1n) is 7.40. The molecule has 0 saturated heterocycles. The number of carbonyl (C=O) groups is 1. The third-order valence-corrected chi connectivity index (χ3v) is 5.35. The van der Waals surface area contributed by atoms with E-state index in [0.717, 1.165) is 22.3 Å². The third kappa shape index (κ3) is 4.28. The van der Waals surface area contributed by atoms with Crippen molar-refractivity contribution in [1.82, 2.24) is 4.98 Å². The minimum Gasteiger partial charge on any atom is -0.497 e. The number of carbonyl (C=O) groups excluding carboxylic acids is 1. The minimum atomic E-state index is -4.49. The average Bonchev–Trinajstić information content (AvgIpc) is 3.01. The normalized spacial score (nSPS) is 11.5. The molecule has 1 heterocycles. The van der Waals surface area contributed by atoms with Gasteiger partial charge in [-0.15, -0.1) is 11.8 Å². The van der Waals surface area contributed by atoms with E-state index in [1.165, 1.54) is 17.8 Å². The van der Waals surface area contributed by atoms with Gasteiger partial charge in [0.15, 0.2) is 5.13 Å². The number of para-hydroxylation sites is 1. The molecular weight excluding hydrogens is 385 g/mol. The Hall–Kier alpha value is -2.26. The molecule has 0 atom stereocenters. The summed E-state index contributed by atoms with van der Waals surface area (Å²) in [6, 6.07) is 11.1. The lowest BCUT2D eigenvalue weighted by molar-refractivity contribution is -0.136. The smallest absolute Gasteiger partial charge is 0.418 e. The Morgan fingerprint density at radius 3 is 2.62 bits per heavy atom. The number of thioether (sulfide) groups is 1. The molecule has 26 heavy (non-hydrogen) atoms. The van der Waals surface area contributed by atoms with E-state index in [2.05, 4.69) is 10.3 Å². The Morgan fingerprint density at radius 1 is 1.23 bits per heavy atom. The summed E-state index contributed by atoms with van der Waals surface area (Å²) in [5.41, 5.74) is -0.956. The van der Waals surface area contributed by atoms with Gasteiger partial charge in [0.05, 0.1) is 28.6 Å². The number of benzene rings is 2. The van der Waals surface area contributed by atoms with Crippen LogP contribution in [0, 0.1) is 0 Å². The van der Waals surface area contributed by atoms with Gasteiger partial charge in [-0.2, -0.15) is 13.2 Å². The molecule has 3 rings (SSSR count). The predicted octanol–water partition coefficient (Wildman–Crippen LogP) is 5.05. The van der Waals surface area contributed by atoms with E-state index in [4.69, 9.17) is 4.74 Å². The predicted molar refractivity (Wildman–Crippen MR) is 97.0 cm³/mol. The van der Waals surface area contributed by atoms with Gasteiger partial charge in [0, 0.05) is 4.90 Å². The molecule has 0 aliphatic carbocycles. The standard InChI is InChI=1S/C17H13F3N2O2S2/c1-24-10-5-7-11(8-6-10)25-9-14(23)21-16-22-15-12(17(18,19)20)3-2-4-13(15)26-16/h2-8H,9H2,1H3,(H,21,22,23). The molecule has 2 aromatic carbocycles. The van der Waals surface area contributed by atoms with Crippen LogP contribution in [-0.2, 0) is 11.0 Å². The molecule has 0 radical (unpaired) electrons. The van der Waals surface area contributed by atoms with Crippen molar-refractivity contribution in [1.29, 1.82) is 0 Å². The number of methoxy groups -OCH3 is 1. The summed E-state index contributed by atoms with van der Waals surface area (Å²) >= 11 is 2.32. The molecule has 0 saturated carbocycles. The summed E-state index contributed by atoms with van der Waals surface area (Å²) in [7, 11) is 1.57. The Kier molecular flexibility index (Phi) is 5.38. The van der Waals surface area contributed by atoms with Gasteiger partial charge in [-0.3, -0.25) is 4.79 Å². The quantitative estimate of drug-likeness (QED) is 0.611. The zero-order valence-electron chi connectivity index (χ0n) is 13.5. The molecule has 136 valence electrons. The lowest BCUT2D eigenvalue weighted by atomic mass is 10.2. The fourth-order valence-electron chi connectivity index (χ4n) is 2.21. The van der Waals surface area contributed by atoms with Crippen molar-refractivity contribution < 1.29 is 22.7 Å². The van der Waals surface area contributed by atoms with E-state index in [1.54, 1.807) is 25.3 Å². The first-order chi connectivity index (χ1) is 12.4. The van der Waals surface area contributed by atoms with Gasteiger partial charge in [-0.05, 0) is 36.4 Å². The molecule has 0 bridgehead atoms. The molecule has 0 fully saturated rings. The van der Waals surface area contributed by atoms with Crippen molar-refractivity contribution in [3.63, 3.8) is 0 Å². The maximum Gasteiger partial charge on any atom is 0.418 e. The molecule has 1 aromatic heterocycles. The Morgan fingerprint density at radius 2 is 1.96 bits per heavy atom. The van der Waals surface area contributed by atoms with Crippen molar-refractivity contribution in [2.75, 3.05) is 18.2 Å². The van der Waals surface area contributed by atoms with Crippen LogP contribution in [0.5, 0.6) is 5.75 Å². The maximum atomic E-state index is 13.0. The molecule has 0 aliphatic heterocycles. The highest BCUT2D eigenvalue weighted by Crippen LogP contribution is 2.37. The van der Waals surface area contributed by atoms with Gasteiger partial charge in [-0.25, -0.2) is 4.98 Å². The van der Waals surface area contributed by atoms with E-state index in [0.29, 0.717) is 10.4 Å². The highest BCUT2D eigenvalue weighted by molar-refractivity contribution is 8.00. The molecule has 0 aliphatic rings. The summed E-state index contributed by atoms with van der Waals surface area (Å²) < 4.78 is 44.5. The number of hydrogen-bond acceptors (Lipinski definition) is 5. The molecule has 4 nitrogen and oxygen atoms in total. The highest BCUT2D eigenvalue weighted by Gasteiger charge is 2.33. The van der Waals surface area contributed by atoms with Crippen LogP contribution in [0.4, 0.5) is 18.3 Å². The SMILES string of the molecule is COc1ccc(SCC(=O)Nc2nc3c(C(F)(F)F)cccc3s2)cc1. The number of amides is 1. The number of ether oxygens (including phenoxy) is 1. The van der Waals surface area contributed by atoms with Crippen LogP contribution in [0.1, 0.15) is 5.56 Å². The second-order valence-electron chi connectivity index (χ2n) is 5.18. The molecule has 0 spiro atoms. The largest absolute Gasteiger partial charge is 0.497 e. The zero-order chi connectivity index (χ0) is 18.7. The van der Waals surface area contributed by atoms with Crippen molar-refractivity contribution >= 4 is 44.4 Å². The Balaban J connectivity index is 1.67. The molecule has 9 heteroatoms. The van der Waals surface area contributed by atoms with Crippen molar-refractivity contribution in [2.45, 2.75) is 11.1 Å². The van der Waals surface area contributed by atoms with Crippen LogP contribution in [0.15, 0.2) is 47.4 Å². The fraction of sp³-hybridized carbons (Fsp3) is 0.176. The van der Waals surface area contributed by atoms with Crippen molar-refractivity contribution in [3.8, 4) is 5.75 Å². The number of alkyl halides is 3. The number of rotatable bonds is 5. The highest BCUT2D eigenvalue weighted by atomic mass is 32.2.